The highest BCUT2D eigenvalue weighted by Gasteiger charge is 2.27. The molecule has 0 radical (unpaired) electrons. The molecular weight excluding hydrogens is 292 g/mol. The Bertz CT molecular complexity index is 606. The van der Waals surface area contributed by atoms with Gasteiger partial charge in [-0.3, -0.25) is 24.4 Å². The number of rotatable bonds is 7. The molecule has 1 amide bonds. The maximum absolute atomic E-state index is 11.7. The standard InChI is InChI=1S/C13H20N4O5/c1-8-11(17(21)22)9(2)16(15-8)6-5-10(18)14-7-13(3,4)12(19)20/h5-7H2,1-4H3,(H,14,18)(H,19,20). The third-order valence-corrected chi connectivity index (χ3v) is 3.38. The van der Waals surface area contributed by atoms with Crippen LogP contribution >= 0.6 is 0 Å². The van der Waals surface area contributed by atoms with Crippen molar-refractivity contribution < 1.29 is 19.6 Å². The maximum Gasteiger partial charge on any atom is 0.312 e. The van der Waals surface area contributed by atoms with E-state index in [1.165, 1.54) is 25.5 Å². The van der Waals surface area contributed by atoms with E-state index in [2.05, 4.69) is 10.4 Å². The van der Waals surface area contributed by atoms with Crippen LogP contribution in [0.1, 0.15) is 31.7 Å². The lowest BCUT2D eigenvalue weighted by molar-refractivity contribution is -0.386. The van der Waals surface area contributed by atoms with Crippen molar-refractivity contribution in [2.75, 3.05) is 6.54 Å². The van der Waals surface area contributed by atoms with E-state index in [0.717, 1.165) is 0 Å². The van der Waals surface area contributed by atoms with Crippen LogP contribution in [0.3, 0.4) is 0 Å². The highest BCUT2D eigenvalue weighted by atomic mass is 16.6. The van der Waals surface area contributed by atoms with Crippen LogP contribution in [0.4, 0.5) is 5.69 Å². The Labute approximate surface area is 127 Å². The van der Waals surface area contributed by atoms with Gasteiger partial charge in [0.05, 0.1) is 16.9 Å². The van der Waals surface area contributed by atoms with Gasteiger partial charge in [0.2, 0.25) is 5.91 Å². The first kappa shape index (κ1) is 17.6. The quantitative estimate of drug-likeness (QED) is 0.571. The molecular formula is C13H20N4O5. The largest absolute Gasteiger partial charge is 0.481 e. The highest BCUT2D eigenvalue weighted by molar-refractivity contribution is 5.78. The minimum absolute atomic E-state index is 0.0123. The zero-order valence-corrected chi connectivity index (χ0v) is 13.0. The van der Waals surface area contributed by atoms with E-state index in [-0.39, 0.29) is 31.1 Å². The summed E-state index contributed by atoms with van der Waals surface area (Å²) in [5, 5.41) is 26.4. The number of carboxylic acids is 1. The number of carbonyl (C=O) groups excluding carboxylic acids is 1. The molecule has 22 heavy (non-hydrogen) atoms. The summed E-state index contributed by atoms with van der Waals surface area (Å²) in [7, 11) is 0. The Morgan fingerprint density at radius 1 is 1.41 bits per heavy atom. The fourth-order valence-electron chi connectivity index (χ4n) is 1.86. The minimum atomic E-state index is -1.05. The van der Waals surface area contributed by atoms with Crippen molar-refractivity contribution in [3.63, 3.8) is 0 Å². The monoisotopic (exact) mass is 312 g/mol. The molecule has 1 aromatic rings. The van der Waals surface area contributed by atoms with Crippen molar-refractivity contribution in [1.29, 1.82) is 0 Å². The average molecular weight is 312 g/mol. The summed E-state index contributed by atoms with van der Waals surface area (Å²) < 4.78 is 1.41. The number of aryl methyl sites for hydroxylation is 2. The third-order valence-electron chi connectivity index (χ3n) is 3.38. The van der Waals surface area contributed by atoms with Gasteiger partial charge in [0, 0.05) is 13.0 Å². The highest BCUT2D eigenvalue weighted by Crippen LogP contribution is 2.21. The number of nitrogens with one attached hydrogen (secondary N) is 1. The van der Waals surface area contributed by atoms with E-state index in [0.29, 0.717) is 11.4 Å². The molecule has 0 aliphatic heterocycles. The second-order valence-electron chi connectivity index (χ2n) is 5.72. The molecule has 0 aromatic carbocycles. The molecule has 122 valence electrons. The minimum Gasteiger partial charge on any atom is -0.481 e. The molecule has 0 atom stereocenters. The van der Waals surface area contributed by atoms with Crippen LogP contribution in [0.15, 0.2) is 0 Å². The average Bonchev–Trinajstić information content (AvgIpc) is 2.68. The van der Waals surface area contributed by atoms with Gasteiger partial charge >= 0.3 is 11.7 Å². The lowest BCUT2D eigenvalue weighted by Gasteiger charge is -2.19. The van der Waals surface area contributed by atoms with Crippen molar-refractivity contribution in [3.8, 4) is 0 Å². The molecule has 0 bridgehead atoms. The Balaban J connectivity index is 2.61. The van der Waals surface area contributed by atoms with Crippen LogP contribution in [-0.4, -0.2) is 38.2 Å². The number of aliphatic carboxylic acids is 1. The van der Waals surface area contributed by atoms with E-state index in [4.69, 9.17) is 5.11 Å². The maximum atomic E-state index is 11.7. The molecule has 0 unspecified atom stereocenters. The van der Waals surface area contributed by atoms with Crippen LogP contribution < -0.4 is 5.32 Å². The summed E-state index contributed by atoms with van der Waals surface area (Å²) in [5.74, 6) is -1.33. The molecule has 9 heteroatoms. The van der Waals surface area contributed by atoms with Gasteiger partial charge in [-0.15, -0.1) is 0 Å². The lowest BCUT2D eigenvalue weighted by Crippen LogP contribution is -2.39. The summed E-state index contributed by atoms with van der Waals surface area (Å²) in [6.07, 6.45) is 0.0643. The van der Waals surface area contributed by atoms with E-state index >= 15 is 0 Å². The Kier molecular flexibility index (Phi) is 5.23. The fourth-order valence-corrected chi connectivity index (χ4v) is 1.86. The zero-order valence-electron chi connectivity index (χ0n) is 13.0. The normalized spacial score (nSPS) is 11.3. The first-order valence-electron chi connectivity index (χ1n) is 6.74. The number of carboxylic acid groups (broad SMARTS) is 1. The molecule has 1 heterocycles. The summed E-state index contributed by atoms with van der Waals surface area (Å²) in [6.45, 7) is 6.35. The number of aromatic nitrogens is 2. The SMILES string of the molecule is Cc1nn(CCC(=O)NCC(C)(C)C(=O)O)c(C)c1[N+](=O)[O-]. The van der Waals surface area contributed by atoms with Crippen LogP contribution in [0, 0.1) is 29.4 Å². The first-order chi connectivity index (χ1) is 10.1. The molecule has 0 saturated heterocycles. The Morgan fingerprint density at radius 3 is 2.45 bits per heavy atom. The molecule has 0 aliphatic rings. The second kappa shape index (κ2) is 6.54. The predicted octanol–water partition coefficient (Wildman–Crippen LogP) is 1.03. The van der Waals surface area contributed by atoms with Crippen molar-refractivity contribution in [2.24, 2.45) is 5.41 Å². The summed E-state index contributed by atoms with van der Waals surface area (Å²) in [5.41, 5.74) is -0.407. The molecule has 0 aliphatic carbocycles. The number of carbonyl (C=O) groups is 2. The van der Waals surface area contributed by atoms with E-state index < -0.39 is 16.3 Å². The van der Waals surface area contributed by atoms with Crippen LogP contribution in [0.5, 0.6) is 0 Å². The summed E-state index contributed by atoms with van der Waals surface area (Å²) in [4.78, 5) is 33.1. The van der Waals surface area contributed by atoms with Crippen molar-refractivity contribution in [1.82, 2.24) is 15.1 Å². The number of nitro groups is 1. The Morgan fingerprint density at radius 2 is 2.00 bits per heavy atom. The number of amides is 1. The number of hydrogen-bond acceptors (Lipinski definition) is 5. The summed E-state index contributed by atoms with van der Waals surface area (Å²) in [6, 6.07) is 0. The van der Waals surface area contributed by atoms with Gasteiger partial charge in [-0.05, 0) is 27.7 Å². The van der Waals surface area contributed by atoms with Gasteiger partial charge < -0.3 is 10.4 Å². The molecule has 2 N–H and O–H groups in total. The van der Waals surface area contributed by atoms with Crippen LogP contribution in [-0.2, 0) is 16.1 Å². The molecule has 9 nitrogen and oxygen atoms in total. The van der Waals surface area contributed by atoms with Crippen molar-refractivity contribution >= 4 is 17.6 Å². The zero-order chi connectivity index (χ0) is 17.1. The Hall–Kier alpha value is -2.45. The molecule has 1 rings (SSSR count). The second-order valence-corrected chi connectivity index (χ2v) is 5.72. The molecule has 0 saturated carbocycles. The van der Waals surface area contributed by atoms with Gasteiger partial charge in [-0.2, -0.15) is 5.10 Å². The van der Waals surface area contributed by atoms with Gasteiger partial charge in [0.1, 0.15) is 11.4 Å². The van der Waals surface area contributed by atoms with Crippen LogP contribution in [0.25, 0.3) is 0 Å². The van der Waals surface area contributed by atoms with Gasteiger partial charge in [0.15, 0.2) is 0 Å². The topological polar surface area (TPSA) is 127 Å². The van der Waals surface area contributed by atoms with Gasteiger partial charge in [-0.1, -0.05) is 0 Å². The van der Waals surface area contributed by atoms with Gasteiger partial charge in [-0.25, -0.2) is 0 Å². The van der Waals surface area contributed by atoms with Crippen molar-refractivity contribution in [2.45, 2.75) is 40.7 Å². The van der Waals surface area contributed by atoms with E-state index in [9.17, 15) is 19.7 Å². The summed E-state index contributed by atoms with van der Waals surface area (Å²) >= 11 is 0. The first-order valence-corrected chi connectivity index (χ1v) is 6.74. The molecule has 0 spiro atoms. The fraction of sp³-hybridized carbons (Fsp3) is 0.615. The predicted molar refractivity (Wildman–Crippen MR) is 77.4 cm³/mol. The smallest absolute Gasteiger partial charge is 0.312 e. The number of nitrogens with zero attached hydrogens (tertiary/aromatic N) is 3. The molecule has 0 fully saturated rings. The van der Waals surface area contributed by atoms with E-state index in [1.807, 2.05) is 0 Å². The number of hydrogen-bond donors (Lipinski definition) is 2. The van der Waals surface area contributed by atoms with Crippen molar-refractivity contribution in [3.05, 3.63) is 21.5 Å². The lowest BCUT2D eigenvalue weighted by atomic mass is 9.94. The van der Waals surface area contributed by atoms with Gasteiger partial charge in [0.25, 0.3) is 0 Å². The van der Waals surface area contributed by atoms with Crippen LogP contribution in [0.2, 0.25) is 0 Å². The molecule has 1 aromatic heterocycles. The third kappa shape index (κ3) is 4.03. The van der Waals surface area contributed by atoms with E-state index in [1.54, 1.807) is 6.92 Å².